The molecule has 0 saturated carbocycles. The molecule has 1 unspecified atom stereocenters. The minimum atomic E-state index is -0.974. The van der Waals surface area contributed by atoms with E-state index in [1.807, 2.05) is 54.6 Å². The Morgan fingerprint density at radius 3 is 2.30 bits per heavy atom. The average molecular weight is 287 g/mol. The van der Waals surface area contributed by atoms with E-state index in [2.05, 4.69) is 6.58 Å². The third-order valence-electron chi connectivity index (χ3n) is 3.24. The molecule has 2 aromatic rings. The van der Waals surface area contributed by atoms with Gasteiger partial charge in [-0.05, 0) is 23.6 Å². The molecule has 0 saturated heterocycles. The van der Waals surface area contributed by atoms with Gasteiger partial charge in [-0.15, -0.1) is 0 Å². The summed E-state index contributed by atoms with van der Waals surface area (Å²) < 4.78 is 0. The lowest BCUT2D eigenvalue weighted by molar-refractivity contribution is -0.132. The van der Waals surface area contributed by atoms with Gasteiger partial charge in [-0.2, -0.15) is 0 Å². The second-order valence-electron chi connectivity index (χ2n) is 4.60. The van der Waals surface area contributed by atoms with E-state index in [4.69, 9.17) is 16.7 Å². The Balaban J connectivity index is 2.42. The molecule has 0 heterocycles. The van der Waals surface area contributed by atoms with E-state index in [-0.39, 0.29) is 11.5 Å². The second kappa shape index (κ2) is 6.40. The van der Waals surface area contributed by atoms with Crippen molar-refractivity contribution in [1.29, 1.82) is 0 Å². The summed E-state index contributed by atoms with van der Waals surface area (Å²) in [5.41, 5.74) is 2.13. The molecular formula is C17H15ClO2. The molecule has 2 rings (SSSR count). The molecule has 1 N–H and O–H groups in total. The van der Waals surface area contributed by atoms with Crippen LogP contribution in [0.1, 0.15) is 23.5 Å². The van der Waals surface area contributed by atoms with Crippen molar-refractivity contribution in [3.63, 3.8) is 0 Å². The molecule has 0 aliphatic rings. The van der Waals surface area contributed by atoms with Crippen LogP contribution in [0.3, 0.4) is 0 Å². The van der Waals surface area contributed by atoms with Gasteiger partial charge in [0.2, 0.25) is 0 Å². The average Bonchev–Trinajstić information content (AvgIpc) is 2.46. The summed E-state index contributed by atoms with van der Waals surface area (Å²) in [5, 5.41) is 9.70. The van der Waals surface area contributed by atoms with Gasteiger partial charge in [0.1, 0.15) is 0 Å². The molecule has 0 aliphatic carbocycles. The molecule has 20 heavy (non-hydrogen) atoms. The zero-order valence-electron chi connectivity index (χ0n) is 10.9. The minimum Gasteiger partial charge on any atom is -0.478 e. The van der Waals surface area contributed by atoms with Crippen molar-refractivity contribution in [2.24, 2.45) is 0 Å². The van der Waals surface area contributed by atoms with Gasteiger partial charge in [-0.1, -0.05) is 66.7 Å². The van der Waals surface area contributed by atoms with Crippen molar-refractivity contribution in [2.75, 3.05) is 0 Å². The standard InChI is InChI=1S/C17H15ClO2/c1-12(17(19)20)11-15(13-7-3-2-4-8-13)14-9-5-6-10-16(14)18/h2-10,15H,1,11H2,(H,19,20). The van der Waals surface area contributed by atoms with Gasteiger partial charge >= 0.3 is 5.97 Å². The van der Waals surface area contributed by atoms with E-state index in [1.165, 1.54) is 0 Å². The SMILES string of the molecule is C=C(CC(c1ccccc1)c1ccccc1Cl)C(=O)O. The van der Waals surface area contributed by atoms with Crippen molar-refractivity contribution in [3.8, 4) is 0 Å². The van der Waals surface area contributed by atoms with Crippen molar-refractivity contribution < 1.29 is 9.90 Å². The highest BCUT2D eigenvalue weighted by Gasteiger charge is 2.20. The topological polar surface area (TPSA) is 37.3 Å². The Kier molecular flexibility index (Phi) is 4.59. The Morgan fingerprint density at radius 1 is 1.10 bits per heavy atom. The predicted octanol–water partition coefficient (Wildman–Crippen LogP) is 4.50. The number of rotatable bonds is 5. The number of benzene rings is 2. The van der Waals surface area contributed by atoms with Gasteiger partial charge in [0.05, 0.1) is 0 Å². The number of carbonyl (C=O) groups is 1. The Hall–Kier alpha value is -2.06. The largest absolute Gasteiger partial charge is 0.478 e. The van der Waals surface area contributed by atoms with Gasteiger partial charge in [0.15, 0.2) is 0 Å². The summed E-state index contributed by atoms with van der Waals surface area (Å²) in [7, 11) is 0. The number of halogens is 1. The highest BCUT2D eigenvalue weighted by Crippen LogP contribution is 2.34. The Morgan fingerprint density at radius 2 is 1.70 bits per heavy atom. The summed E-state index contributed by atoms with van der Waals surface area (Å²) in [6, 6.07) is 17.3. The highest BCUT2D eigenvalue weighted by molar-refractivity contribution is 6.31. The first-order valence-corrected chi connectivity index (χ1v) is 6.68. The number of aliphatic carboxylic acids is 1. The van der Waals surface area contributed by atoms with Crippen molar-refractivity contribution in [3.05, 3.63) is 82.9 Å². The molecule has 0 amide bonds. The highest BCUT2D eigenvalue weighted by atomic mass is 35.5. The van der Waals surface area contributed by atoms with Crippen LogP contribution in [0.4, 0.5) is 0 Å². The Labute approximate surface area is 123 Å². The molecule has 0 bridgehead atoms. The molecular weight excluding hydrogens is 272 g/mol. The normalized spacial score (nSPS) is 11.8. The van der Waals surface area contributed by atoms with E-state index in [1.54, 1.807) is 0 Å². The summed E-state index contributed by atoms with van der Waals surface area (Å²) in [6.07, 6.45) is 0.336. The molecule has 0 spiro atoms. The van der Waals surface area contributed by atoms with Crippen molar-refractivity contribution in [1.82, 2.24) is 0 Å². The van der Waals surface area contributed by atoms with Crippen LogP contribution in [0.2, 0.25) is 5.02 Å². The zero-order chi connectivity index (χ0) is 14.5. The van der Waals surface area contributed by atoms with Crippen LogP contribution in [0.5, 0.6) is 0 Å². The Bertz CT molecular complexity index is 620. The van der Waals surface area contributed by atoms with E-state index >= 15 is 0 Å². The molecule has 0 fully saturated rings. The van der Waals surface area contributed by atoms with Crippen LogP contribution in [0.15, 0.2) is 66.7 Å². The predicted molar refractivity (Wildman–Crippen MR) is 81.1 cm³/mol. The van der Waals surface area contributed by atoms with Crippen LogP contribution < -0.4 is 0 Å². The van der Waals surface area contributed by atoms with Crippen LogP contribution in [-0.4, -0.2) is 11.1 Å². The first kappa shape index (κ1) is 14.4. The molecule has 2 aromatic carbocycles. The molecule has 0 radical (unpaired) electrons. The van der Waals surface area contributed by atoms with Gasteiger partial charge in [-0.25, -0.2) is 4.79 Å². The molecule has 0 aliphatic heterocycles. The number of hydrogen-bond donors (Lipinski definition) is 1. The summed E-state index contributed by atoms with van der Waals surface area (Å²) in [6.45, 7) is 3.63. The first-order valence-electron chi connectivity index (χ1n) is 6.30. The second-order valence-corrected chi connectivity index (χ2v) is 5.00. The van der Waals surface area contributed by atoms with Gasteiger partial charge in [0, 0.05) is 16.5 Å². The summed E-state index contributed by atoms with van der Waals surface area (Å²) >= 11 is 6.25. The van der Waals surface area contributed by atoms with E-state index in [0.717, 1.165) is 11.1 Å². The monoisotopic (exact) mass is 286 g/mol. The quantitative estimate of drug-likeness (QED) is 0.822. The number of carboxylic acid groups (broad SMARTS) is 1. The van der Waals surface area contributed by atoms with E-state index < -0.39 is 5.97 Å². The molecule has 2 nitrogen and oxygen atoms in total. The number of hydrogen-bond acceptors (Lipinski definition) is 1. The van der Waals surface area contributed by atoms with Crippen LogP contribution in [0, 0.1) is 0 Å². The lowest BCUT2D eigenvalue weighted by atomic mass is 9.86. The maximum Gasteiger partial charge on any atom is 0.330 e. The third kappa shape index (κ3) is 3.28. The maximum absolute atomic E-state index is 11.0. The summed E-state index contributed by atoms with van der Waals surface area (Å²) in [4.78, 5) is 11.0. The van der Waals surface area contributed by atoms with E-state index in [0.29, 0.717) is 11.4 Å². The fraction of sp³-hybridized carbons (Fsp3) is 0.118. The van der Waals surface area contributed by atoms with Gasteiger partial charge < -0.3 is 5.11 Å². The molecule has 3 heteroatoms. The van der Waals surface area contributed by atoms with E-state index in [9.17, 15) is 4.79 Å². The van der Waals surface area contributed by atoms with Crippen molar-refractivity contribution in [2.45, 2.75) is 12.3 Å². The minimum absolute atomic E-state index is 0.103. The maximum atomic E-state index is 11.0. The van der Waals surface area contributed by atoms with Crippen LogP contribution >= 0.6 is 11.6 Å². The third-order valence-corrected chi connectivity index (χ3v) is 3.58. The van der Waals surface area contributed by atoms with Crippen LogP contribution in [0.25, 0.3) is 0 Å². The lowest BCUT2D eigenvalue weighted by Crippen LogP contribution is -2.08. The molecule has 102 valence electrons. The lowest BCUT2D eigenvalue weighted by Gasteiger charge is -2.19. The fourth-order valence-electron chi connectivity index (χ4n) is 2.18. The molecule has 0 aromatic heterocycles. The van der Waals surface area contributed by atoms with Crippen LogP contribution in [-0.2, 0) is 4.79 Å². The molecule has 1 atom stereocenters. The van der Waals surface area contributed by atoms with Gasteiger partial charge in [0.25, 0.3) is 0 Å². The van der Waals surface area contributed by atoms with Gasteiger partial charge in [-0.3, -0.25) is 0 Å². The number of carboxylic acids is 1. The van der Waals surface area contributed by atoms with Crippen molar-refractivity contribution >= 4 is 17.6 Å². The smallest absolute Gasteiger partial charge is 0.330 e. The fourth-order valence-corrected chi connectivity index (χ4v) is 2.45. The first-order chi connectivity index (χ1) is 9.59. The summed E-state index contributed by atoms with van der Waals surface area (Å²) in [5.74, 6) is -1.08. The zero-order valence-corrected chi connectivity index (χ0v) is 11.7.